The summed E-state index contributed by atoms with van der Waals surface area (Å²) in [6.45, 7) is 8.21. The summed E-state index contributed by atoms with van der Waals surface area (Å²) in [7, 11) is 0. The van der Waals surface area contributed by atoms with Crippen LogP contribution < -0.4 is 5.32 Å². The second-order valence-electron chi connectivity index (χ2n) is 9.62. The third-order valence-corrected chi connectivity index (χ3v) is 7.55. The van der Waals surface area contributed by atoms with Crippen LogP contribution in [-0.4, -0.2) is 16.1 Å². The van der Waals surface area contributed by atoms with Crippen LogP contribution in [-0.2, 0) is 4.79 Å². The van der Waals surface area contributed by atoms with Gasteiger partial charge >= 0.3 is 0 Å². The molecule has 1 amide bonds. The van der Waals surface area contributed by atoms with E-state index >= 15 is 0 Å². The molecule has 1 aliphatic rings. The van der Waals surface area contributed by atoms with Crippen LogP contribution in [0.25, 0.3) is 22.6 Å². The van der Waals surface area contributed by atoms with Gasteiger partial charge in [0.2, 0.25) is 5.91 Å². The first-order chi connectivity index (χ1) is 17.9. The first-order valence-electron chi connectivity index (χ1n) is 12.6. The molecule has 4 nitrogen and oxygen atoms in total. The van der Waals surface area contributed by atoms with Crippen LogP contribution in [0.4, 0.5) is 0 Å². The Balaban J connectivity index is 1.39. The second kappa shape index (κ2) is 10.6. The number of nitrogens with one attached hydrogen (secondary N) is 2. The number of rotatable bonds is 8. The molecule has 2 N–H and O–H groups in total. The maximum absolute atomic E-state index is 13.0. The number of H-pyrrole nitrogens is 1. The van der Waals surface area contributed by atoms with E-state index in [2.05, 4.69) is 65.4 Å². The fraction of sp³-hybridized carbons (Fsp3) is 0.188. The largest absolute Gasteiger partial charge is 0.350 e. The Morgan fingerprint density at radius 2 is 1.95 bits per heavy atom. The molecular formula is C32H30ClN3O. The third-order valence-electron chi connectivity index (χ3n) is 7.23. The van der Waals surface area contributed by atoms with Crippen LogP contribution in [0.2, 0.25) is 5.02 Å². The van der Waals surface area contributed by atoms with E-state index in [4.69, 9.17) is 11.6 Å². The molecule has 3 atom stereocenters. The highest BCUT2D eigenvalue weighted by atomic mass is 35.5. The van der Waals surface area contributed by atoms with Crippen molar-refractivity contribution < 1.29 is 4.79 Å². The number of nitrogens with zero attached hydrogens (tertiary/aromatic N) is 1. The van der Waals surface area contributed by atoms with Crippen molar-refractivity contribution in [1.82, 2.24) is 15.5 Å². The molecule has 37 heavy (non-hydrogen) atoms. The Bertz CT molecular complexity index is 1520. The molecule has 0 bridgehead atoms. The number of aromatic nitrogens is 2. The fourth-order valence-electron chi connectivity index (χ4n) is 5.12. The van der Waals surface area contributed by atoms with Crippen molar-refractivity contribution in [3.8, 4) is 0 Å². The van der Waals surface area contributed by atoms with E-state index in [1.807, 2.05) is 61.7 Å². The van der Waals surface area contributed by atoms with Gasteiger partial charge in [0, 0.05) is 28.7 Å². The Labute approximate surface area is 222 Å². The number of halogens is 1. The highest BCUT2D eigenvalue weighted by Gasteiger charge is 2.24. The summed E-state index contributed by atoms with van der Waals surface area (Å²) < 4.78 is 0. The summed E-state index contributed by atoms with van der Waals surface area (Å²) >= 11 is 6.80. The molecule has 5 heteroatoms. The molecule has 0 radical (unpaired) electrons. The Morgan fingerprint density at radius 1 is 1.14 bits per heavy atom. The summed E-state index contributed by atoms with van der Waals surface area (Å²) in [5, 5.41) is 12.1. The standard InChI is InChI=1S/C32H30ClN3O/c1-4-27-29(20(2)23-13-14-25-19-34-36-31(25)17-23)15-26(16-30(27)33)28-12-8-11-24(28)18-32(37)35-21(3)22-9-6-5-7-10-22/h4-17,19-21,24H,1,18H2,2-3H3,(H,34,36)(H,35,37)/t20?,21?,24-/m1/s1. The van der Waals surface area contributed by atoms with Crippen LogP contribution in [0.5, 0.6) is 0 Å². The van der Waals surface area contributed by atoms with Gasteiger partial charge in [-0.25, -0.2) is 0 Å². The first-order valence-corrected chi connectivity index (χ1v) is 12.9. The van der Waals surface area contributed by atoms with E-state index in [9.17, 15) is 4.79 Å². The quantitative estimate of drug-likeness (QED) is 0.255. The average Bonchev–Trinajstić information content (AvgIpc) is 3.57. The lowest BCUT2D eigenvalue weighted by atomic mass is 9.85. The number of aromatic amines is 1. The average molecular weight is 508 g/mol. The van der Waals surface area contributed by atoms with Gasteiger partial charge in [-0.05, 0) is 52.4 Å². The minimum atomic E-state index is -0.0486. The van der Waals surface area contributed by atoms with E-state index < -0.39 is 0 Å². The molecule has 0 aliphatic heterocycles. The predicted molar refractivity (Wildman–Crippen MR) is 153 cm³/mol. The number of benzene rings is 3. The van der Waals surface area contributed by atoms with E-state index in [1.165, 1.54) is 0 Å². The Hall–Kier alpha value is -3.89. The highest BCUT2D eigenvalue weighted by Crippen LogP contribution is 2.39. The van der Waals surface area contributed by atoms with Gasteiger partial charge in [-0.2, -0.15) is 5.10 Å². The minimum absolute atomic E-state index is 0.0156. The minimum Gasteiger partial charge on any atom is -0.350 e. The van der Waals surface area contributed by atoms with Crippen molar-refractivity contribution in [2.45, 2.75) is 32.2 Å². The molecule has 0 fully saturated rings. The maximum Gasteiger partial charge on any atom is 0.221 e. The van der Waals surface area contributed by atoms with Crippen molar-refractivity contribution in [2.75, 3.05) is 0 Å². The summed E-state index contributed by atoms with van der Waals surface area (Å²) in [6.07, 6.45) is 10.2. The fourth-order valence-corrected chi connectivity index (χ4v) is 5.42. The van der Waals surface area contributed by atoms with Crippen molar-refractivity contribution in [2.24, 2.45) is 5.92 Å². The third kappa shape index (κ3) is 5.16. The SMILES string of the molecule is C=Cc1c(Cl)cc(C2=CC=C[C@@H]2CC(=O)NC(C)c2ccccc2)cc1C(C)c1ccc2cn[nH]c2c1. The van der Waals surface area contributed by atoms with Crippen LogP contribution in [0.3, 0.4) is 0 Å². The molecule has 1 aliphatic carbocycles. The molecule has 5 rings (SSSR count). The Morgan fingerprint density at radius 3 is 2.73 bits per heavy atom. The lowest BCUT2D eigenvalue weighted by Gasteiger charge is -2.21. The molecule has 186 valence electrons. The summed E-state index contributed by atoms with van der Waals surface area (Å²) in [4.78, 5) is 13.0. The van der Waals surface area contributed by atoms with Gasteiger partial charge in [0.05, 0.1) is 17.8 Å². The van der Waals surface area contributed by atoms with Crippen LogP contribution in [0, 0.1) is 5.92 Å². The van der Waals surface area contributed by atoms with Crippen molar-refractivity contribution >= 4 is 40.1 Å². The van der Waals surface area contributed by atoms with Crippen LogP contribution in [0.1, 0.15) is 60.0 Å². The van der Waals surface area contributed by atoms with Crippen molar-refractivity contribution in [1.29, 1.82) is 0 Å². The monoisotopic (exact) mass is 507 g/mol. The Kier molecular flexibility index (Phi) is 7.11. The molecule has 0 spiro atoms. The van der Waals surface area contributed by atoms with E-state index in [-0.39, 0.29) is 23.8 Å². The van der Waals surface area contributed by atoms with E-state index in [1.54, 1.807) is 0 Å². The number of carbonyl (C=O) groups excluding carboxylic acids is 1. The lowest BCUT2D eigenvalue weighted by molar-refractivity contribution is -0.122. The number of amides is 1. The molecule has 4 aromatic rings. The van der Waals surface area contributed by atoms with Gasteiger partial charge in [0.15, 0.2) is 0 Å². The number of fused-ring (bicyclic) bond motifs is 1. The van der Waals surface area contributed by atoms with E-state index in [0.717, 1.165) is 44.3 Å². The number of hydrogen-bond donors (Lipinski definition) is 2. The van der Waals surface area contributed by atoms with Crippen molar-refractivity contribution in [3.63, 3.8) is 0 Å². The number of allylic oxidation sites excluding steroid dienone is 4. The smallest absolute Gasteiger partial charge is 0.221 e. The molecule has 0 saturated heterocycles. The number of hydrogen-bond acceptors (Lipinski definition) is 2. The molecular weight excluding hydrogens is 478 g/mol. The van der Waals surface area contributed by atoms with Gasteiger partial charge < -0.3 is 5.32 Å². The summed E-state index contributed by atoms with van der Waals surface area (Å²) in [6, 6.07) is 20.5. The molecule has 2 unspecified atom stereocenters. The van der Waals surface area contributed by atoms with Gasteiger partial charge in [0.25, 0.3) is 0 Å². The maximum atomic E-state index is 13.0. The zero-order valence-electron chi connectivity index (χ0n) is 21.0. The summed E-state index contributed by atoms with van der Waals surface area (Å²) in [5.41, 5.74) is 7.41. The molecule has 1 aromatic heterocycles. The molecule has 1 heterocycles. The zero-order valence-corrected chi connectivity index (χ0v) is 21.8. The predicted octanol–water partition coefficient (Wildman–Crippen LogP) is 7.85. The first kappa shape index (κ1) is 24.8. The molecule has 0 saturated carbocycles. The van der Waals surface area contributed by atoms with Gasteiger partial charge in [-0.15, -0.1) is 0 Å². The number of carbonyl (C=O) groups is 1. The second-order valence-corrected chi connectivity index (χ2v) is 10.0. The topological polar surface area (TPSA) is 57.8 Å². The van der Waals surface area contributed by atoms with Crippen molar-refractivity contribution in [3.05, 3.63) is 125 Å². The van der Waals surface area contributed by atoms with Gasteiger partial charge in [-0.3, -0.25) is 9.89 Å². The summed E-state index contributed by atoms with van der Waals surface area (Å²) in [5.74, 6) is 0.0915. The molecule has 3 aromatic carbocycles. The van der Waals surface area contributed by atoms with Crippen LogP contribution >= 0.6 is 11.6 Å². The lowest BCUT2D eigenvalue weighted by Crippen LogP contribution is -2.28. The van der Waals surface area contributed by atoms with Crippen LogP contribution in [0.15, 0.2) is 91.7 Å². The van der Waals surface area contributed by atoms with Gasteiger partial charge in [-0.1, -0.05) is 97.9 Å². The zero-order chi connectivity index (χ0) is 25.9. The normalized spacial score (nSPS) is 16.4. The highest BCUT2D eigenvalue weighted by molar-refractivity contribution is 6.32. The van der Waals surface area contributed by atoms with Gasteiger partial charge in [0.1, 0.15) is 0 Å². The van der Waals surface area contributed by atoms with E-state index in [0.29, 0.717) is 11.4 Å².